The van der Waals surface area contributed by atoms with Gasteiger partial charge in [-0.25, -0.2) is 4.98 Å². The van der Waals surface area contributed by atoms with Gasteiger partial charge in [0.25, 0.3) is 5.91 Å². The van der Waals surface area contributed by atoms with Gasteiger partial charge < -0.3 is 14.2 Å². The van der Waals surface area contributed by atoms with Crippen molar-refractivity contribution in [3.63, 3.8) is 0 Å². The van der Waals surface area contributed by atoms with Gasteiger partial charge in [-0.2, -0.15) is 0 Å². The van der Waals surface area contributed by atoms with Crippen LogP contribution in [0.15, 0.2) is 29.2 Å². The first-order chi connectivity index (χ1) is 10.1. The summed E-state index contributed by atoms with van der Waals surface area (Å²) in [4.78, 5) is 25.2. The summed E-state index contributed by atoms with van der Waals surface area (Å²) >= 11 is 0. The molecule has 0 aromatic carbocycles. The van der Waals surface area contributed by atoms with Gasteiger partial charge in [0.2, 0.25) is 0 Å². The molecule has 2 aromatic rings. The largest absolute Gasteiger partial charge is 0.472 e. The first-order valence-corrected chi connectivity index (χ1v) is 7.02. The third-order valence-corrected chi connectivity index (χ3v) is 3.69. The number of piperazine rings is 1. The van der Waals surface area contributed by atoms with Gasteiger partial charge in [-0.1, -0.05) is 0 Å². The Hall–Kier alpha value is -2.37. The van der Waals surface area contributed by atoms with Gasteiger partial charge in [-0.3, -0.25) is 9.78 Å². The zero-order valence-electron chi connectivity index (χ0n) is 12.2. The lowest BCUT2D eigenvalue weighted by Gasteiger charge is -2.35. The Balaban J connectivity index is 1.68. The monoisotopic (exact) mass is 286 g/mol. The highest BCUT2D eigenvalue weighted by molar-refractivity contribution is 5.94. The molecule has 1 saturated heterocycles. The molecule has 110 valence electrons. The molecule has 0 atom stereocenters. The highest BCUT2D eigenvalue weighted by Gasteiger charge is 2.24. The lowest BCUT2D eigenvalue weighted by atomic mass is 10.2. The van der Waals surface area contributed by atoms with Gasteiger partial charge in [-0.05, 0) is 19.9 Å². The molecule has 21 heavy (non-hydrogen) atoms. The van der Waals surface area contributed by atoms with E-state index in [1.54, 1.807) is 12.3 Å². The molecule has 1 fully saturated rings. The van der Waals surface area contributed by atoms with Crippen LogP contribution in [0.3, 0.4) is 0 Å². The minimum absolute atomic E-state index is 0.0236. The van der Waals surface area contributed by atoms with Gasteiger partial charge >= 0.3 is 0 Å². The first kappa shape index (κ1) is 13.6. The summed E-state index contributed by atoms with van der Waals surface area (Å²) in [5.74, 6) is 0.945. The molecule has 3 rings (SSSR count). The lowest BCUT2D eigenvalue weighted by Crippen LogP contribution is -2.49. The van der Waals surface area contributed by atoms with Crippen molar-refractivity contribution in [1.82, 2.24) is 14.9 Å². The van der Waals surface area contributed by atoms with Gasteiger partial charge in [0.1, 0.15) is 12.1 Å². The van der Waals surface area contributed by atoms with E-state index < -0.39 is 0 Å². The van der Waals surface area contributed by atoms with E-state index >= 15 is 0 Å². The lowest BCUT2D eigenvalue weighted by molar-refractivity contribution is 0.0745. The van der Waals surface area contributed by atoms with E-state index in [0.717, 1.165) is 30.3 Å². The summed E-state index contributed by atoms with van der Waals surface area (Å²) in [6.07, 6.45) is 4.79. The molecule has 1 aliphatic rings. The molecule has 0 saturated carbocycles. The summed E-state index contributed by atoms with van der Waals surface area (Å²) in [6.45, 7) is 6.79. The summed E-state index contributed by atoms with van der Waals surface area (Å²) in [5.41, 5.74) is 2.44. The second-order valence-corrected chi connectivity index (χ2v) is 5.21. The smallest absolute Gasteiger partial charge is 0.257 e. The number of carbonyl (C=O) groups is 1. The minimum atomic E-state index is 0.0236. The number of amides is 1. The first-order valence-electron chi connectivity index (χ1n) is 7.02. The molecule has 3 heterocycles. The molecule has 0 unspecified atom stereocenters. The van der Waals surface area contributed by atoms with Crippen LogP contribution >= 0.6 is 0 Å². The number of hydrogen-bond donors (Lipinski definition) is 0. The molecule has 0 bridgehead atoms. The van der Waals surface area contributed by atoms with Gasteiger partial charge in [0.15, 0.2) is 0 Å². The Labute approximate surface area is 123 Å². The third-order valence-electron chi connectivity index (χ3n) is 3.69. The number of hydrogen-bond acceptors (Lipinski definition) is 5. The van der Waals surface area contributed by atoms with Crippen molar-refractivity contribution in [2.24, 2.45) is 0 Å². The molecule has 1 aliphatic heterocycles. The summed E-state index contributed by atoms with van der Waals surface area (Å²) < 4.78 is 4.97. The number of aromatic nitrogens is 2. The van der Waals surface area contributed by atoms with Crippen LogP contribution in [0.1, 0.15) is 21.7 Å². The minimum Gasteiger partial charge on any atom is -0.472 e. The van der Waals surface area contributed by atoms with E-state index in [-0.39, 0.29) is 5.91 Å². The standard InChI is InChI=1S/C15H18N4O2/c1-11-9-16-12(2)14(17-11)18-4-6-19(7-5-18)15(20)13-3-8-21-10-13/h3,8-10H,4-7H2,1-2H3. The average Bonchev–Trinajstić information content (AvgIpc) is 3.03. The van der Waals surface area contributed by atoms with Crippen LogP contribution < -0.4 is 4.90 Å². The molecule has 6 nitrogen and oxygen atoms in total. The van der Waals surface area contributed by atoms with Crippen LogP contribution in [-0.2, 0) is 0 Å². The average molecular weight is 286 g/mol. The molecular weight excluding hydrogens is 268 g/mol. The van der Waals surface area contributed by atoms with E-state index in [1.807, 2.05) is 18.7 Å². The zero-order chi connectivity index (χ0) is 14.8. The van der Waals surface area contributed by atoms with Gasteiger partial charge in [-0.15, -0.1) is 0 Å². The highest BCUT2D eigenvalue weighted by Crippen LogP contribution is 2.18. The molecule has 6 heteroatoms. The van der Waals surface area contributed by atoms with Crippen LogP contribution in [0.25, 0.3) is 0 Å². The van der Waals surface area contributed by atoms with E-state index in [0.29, 0.717) is 18.7 Å². The second kappa shape index (κ2) is 5.55. The molecule has 0 N–H and O–H groups in total. The molecule has 2 aromatic heterocycles. The van der Waals surface area contributed by atoms with Gasteiger partial charge in [0, 0.05) is 32.4 Å². The Morgan fingerprint density at radius 2 is 2.00 bits per heavy atom. The SMILES string of the molecule is Cc1cnc(C)c(N2CCN(C(=O)c3ccoc3)CC2)n1. The summed E-state index contributed by atoms with van der Waals surface area (Å²) in [6, 6.07) is 1.70. The van der Waals surface area contributed by atoms with Crippen LogP contribution in [-0.4, -0.2) is 47.0 Å². The fraction of sp³-hybridized carbons (Fsp3) is 0.400. The molecular formula is C15H18N4O2. The summed E-state index contributed by atoms with van der Waals surface area (Å²) in [5, 5.41) is 0. The number of furan rings is 1. The van der Waals surface area contributed by atoms with Crippen LogP contribution in [0, 0.1) is 13.8 Å². The number of anilines is 1. The van der Waals surface area contributed by atoms with E-state index in [2.05, 4.69) is 14.9 Å². The maximum absolute atomic E-state index is 12.2. The quantitative estimate of drug-likeness (QED) is 0.840. The van der Waals surface area contributed by atoms with Crippen molar-refractivity contribution >= 4 is 11.7 Å². The van der Waals surface area contributed by atoms with Crippen LogP contribution in [0.4, 0.5) is 5.82 Å². The highest BCUT2D eigenvalue weighted by atomic mass is 16.3. The van der Waals surface area contributed by atoms with Crippen LogP contribution in [0.2, 0.25) is 0 Å². The van der Waals surface area contributed by atoms with Crippen molar-refractivity contribution in [2.45, 2.75) is 13.8 Å². The summed E-state index contributed by atoms with van der Waals surface area (Å²) in [7, 11) is 0. The van der Waals surface area contributed by atoms with Crippen molar-refractivity contribution in [3.05, 3.63) is 41.7 Å². The molecule has 0 radical (unpaired) electrons. The fourth-order valence-corrected chi connectivity index (χ4v) is 2.51. The van der Waals surface area contributed by atoms with Crippen molar-refractivity contribution in [2.75, 3.05) is 31.1 Å². The van der Waals surface area contributed by atoms with Crippen LogP contribution in [0.5, 0.6) is 0 Å². The predicted molar refractivity (Wildman–Crippen MR) is 78.3 cm³/mol. The zero-order valence-corrected chi connectivity index (χ0v) is 12.2. The van der Waals surface area contributed by atoms with E-state index in [1.165, 1.54) is 12.5 Å². The molecule has 1 amide bonds. The Bertz CT molecular complexity index is 631. The van der Waals surface area contributed by atoms with Gasteiger partial charge in [0.05, 0.1) is 23.2 Å². The molecule has 0 aliphatic carbocycles. The normalized spacial score (nSPS) is 15.3. The maximum Gasteiger partial charge on any atom is 0.257 e. The number of nitrogens with zero attached hydrogens (tertiary/aromatic N) is 4. The third kappa shape index (κ3) is 2.74. The van der Waals surface area contributed by atoms with E-state index in [9.17, 15) is 4.79 Å². The Kier molecular flexibility index (Phi) is 3.60. The van der Waals surface area contributed by atoms with Crippen molar-refractivity contribution in [3.8, 4) is 0 Å². The maximum atomic E-state index is 12.2. The predicted octanol–water partition coefficient (Wildman–Crippen LogP) is 1.65. The Morgan fingerprint density at radius 1 is 1.24 bits per heavy atom. The number of aryl methyl sites for hydroxylation is 2. The fourth-order valence-electron chi connectivity index (χ4n) is 2.51. The van der Waals surface area contributed by atoms with E-state index in [4.69, 9.17) is 4.42 Å². The van der Waals surface area contributed by atoms with Crippen molar-refractivity contribution in [1.29, 1.82) is 0 Å². The van der Waals surface area contributed by atoms with Crippen molar-refractivity contribution < 1.29 is 9.21 Å². The molecule has 0 spiro atoms. The number of rotatable bonds is 2. The topological polar surface area (TPSA) is 62.5 Å². The number of carbonyl (C=O) groups excluding carboxylic acids is 1. The Morgan fingerprint density at radius 3 is 2.67 bits per heavy atom. The second-order valence-electron chi connectivity index (χ2n) is 5.21.